The van der Waals surface area contributed by atoms with E-state index in [1.165, 1.54) is 0 Å². The number of hydrogen-bond acceptors (Lipinski definition) is 6. The van der Waals surface area contributed by atoms with Crippen LogP contribution in [0.15, 0.2) is 0 Å². The van der Waals surface area contributed by atoms with E-state index in [4.69, 9.17) is 74.2 Å². The Morgan fingerprint density at radius 2 is 1.05 bits per heavy atom. The Bertz CT molecular complexity index is 646. The highest BCUT2D eigenvalue weighted by Gasteiger charge is 2.22. The molecule has 106 valence electrons. The predicted octanol–water partition coefficient (Wildman–Crippen LogP) is 4.10. The van der Waals surface area contributed by atoms with Crippen LogP contribution in [0.1, 0.15) is 0 Å². The normalized spacial score (nSPS) is 10.7. The van der Waals surface area contributed by atoms with Crippen LogP contribution in [0.3, 0.4) is 0 Å². The Labute approximate surface area is 137 Å². The van der Waals surface area contributed by atoms with E-state index in [-0.39, 0.29) is 48.8 Å². The molecule has 20 heavy (non-hydrogen) atoms. The van der Waals surface area contributed by atoms with Crippen LogP contribution in [0, 0.1) is 0 Å². The summed E-state index contributed by atoms with van der Waals surface area (Å²) < 4.78 is 5.30. The van der Waals surface area contributed by atoms with Crippen molar-refractivity contribution in [3.63, 3.8) is 0 Å². The molecule has 1 aromatic heterocycles. The first-order chi connectivity index (χ1) is 9.31. The Morgan fingerprint density at radius 3 is 1.50 bits per heavy atom. The second kappa shape index (κ2) is 5.83. The maximum atomic E-state index is 5.99. The number of rotatable bonds is 2. The van der Waals surface area contributed by atoms with E-state index in [0.717, 1.165) is 0 Å². The highest BCUT2D eigenvalue weighted by atomic mass is 35.5. The zero-order valence-electron chi connectivity index (χ0n) is 9.29. The van der Waals surface area contributed by atoms with Crippen molar-refractivity contribution in [3.05, 3.63) is 25.1 Å². The molecule has 0 fully saturated rings. The summed E-state index contributed by atoms with van der Waals surface area (Å²) in [5, 5.41) is -0.141. The van der Waals surface area contributed by atoms with Crippen LogP contribution in [-0.4, -0.2) is 15.0 Å². The van der Waals surface area contributed by atoms with E-state index in [2.05, 4.69) is 15.0 Å². The summed E-state index contributed by atoms with van der Waals surface area (Å²) >= 11 is 29.6. The van der Waals surface area contributed by atoms with Crippen LogP contribution >= 0.6 is 58.0 Å². The van der Waals surface area contributed by atoms with Crippen molar-refractivity contribution in [2.24, 2.45) is 0 Å². The van der Waals surface area contributed by atoms with Gasteiger partial charge < -0.3 is 16.2 Å². The van der Waals surface area contributed by atoms with Gasteiger partial charge in [0.2, 0.25) is 11.9 Å². The van der Waals surface area contributed by atoms with E-state index >= 15 is 0 Å². The van der Waals surface area contributed by atoms with Crippen LogP contribution in [0.5, 0.6) is 11.8 Å². The molecule has 1 heterocycles. The smallest absolute Gasteiger partial charge is 0.328 e. The van der Waals surface area contributed by atoms with Gasteiger partial charge in [-0.15, -0.1) is 0 Å². The Balaban J connectivity index is 2.54. The van der Waals surface area contributed by atoms with Crippen LogP contribution in [0.25, 0.3) is 0 Å². The van der Waals surface area contributed by atoms with Crippen molar-refractivity contribution in [1.29, 1.82) is 0 Å². The third-order valence-corrected chi connectivity index (χ3v) is 4.25. The molecule has 2 rings (SSSR count). The standard InChI is InChI=1S/C9H4Cl5N5O/c10-1-2(11)4(13)6(5(14)3(1)12)20-9-18-7(15)17-8(16)19-9/h(H4,15,16,17,18,19). The van der Waals surface area contributed by atoms with Crippen LogP contribution in [0.2, 0.25) is 25.1 Å². The molecule has 0 aliphatic carbocycles. The second-order valence-electron chi connectivity index (χ2n) is 3.34. The van der Waals surface area contributed by atoms with Crippen molar-refractivity contribution in [1.82, 2.24) is 15.0 Å². The number of hydrogen-bond donors (Lipinski definition) is 2. The Morgan fingerprint density at radius 1 is 0.650 bits per heavy atom. The number of ether oxygens (including phenoxy) is 1. The summed E-state index contributed by atoms with van der Waals surface area (Å²) in [6, 6.07) is -0.215. The largest absolute Gasteiger partial charge is 0.421 e. The van der Waals surface area contributed by atoms with Crippen LogP contribution in [0.4, 0.5) is 11.9 Å². The lowest BCUT2D eigenvalue weighted by molar-refractivity contribution is 0.442. The first-order valence-corrected chi connectivity index (χ1v) is 6.66. The van der Waals surface area contributed by atoms with Crippen molar-refractivity contribution in [2.45, 2.75) is 0 Å². The fourth-order valence-corrected chi connectivity index (χ4v) is 2.40. The Hall–Kier alpha value is -0.920. The maximum absolute atomic E-state index is 5.99. The first-order valence-electron chi connectivity index (χ1n) is 4.77. The third-order valence-electron chi connectivity index (χ3n) is 2.01. The zero-order valence-corrected chi connectivity index (χ0v) is 13.1. The number of benzene rings is 1. The zero-order chi connectivity index (χ0) is 15.0. The summed E-state index contributed by atoms with van der Waals surface area (Å²) in [4.78, 5) is 11.0. The molecule has 0 amide bonds. The summed E-state index contributed by atoms with van der Waals surface area (Å²) in [6.07, 6.45) is 0. The molecule has 0 unspecified atom stereocenters. The molecule has 11 heteroatoms. The molecule has 0 radical (unpaired) electrons. The minimum Gasteiger partial charge on any atom is -0.421 e. The molecule has 0 saturated carbocycles. The monoisotopic (exact) mass is 373 g/mol. The summed E-state index contributed by atoms with van der Waals surface area (Å²) in [6.45, 7) is 0. The van der Waals surface area contributed by atoms with Crippen LogP contribution < -0.4 is 16.2 Å². The molecule has 1 aromatic carbocycles. The lowest BCUT2D eigenvalue weighted by Crippen LogP contribution is -2.04. The van der Waals surface area contributed by atoms with E-state index in [1.54, 1.807) is 0 Å². The molecule has 0 saturated heterocycles. The van der Waals surface area contributed by atoms with Gasteiger partial charge in [-0.3, -0.25) is 0 Å². The van der Waals surface area contributed by atoms with Crippen molar-refractivity contribution >= 4 is 69.9 Å². The highest BCUT2D eigenvalue weighted by Crippen LogP contribution is 2.49. The number of nitrogen functional groups attached to an aromatic ring is 2. The van der Waals surface area contributed by atoms with E-state index < -0.39 is 0 Å². The minimum atomic E-state index is -0.215. The molecule has 0 atom stereocenters. The van der Waals surface area contributed by atoms with Crippen molar-refractivity contribution in [2.75, 3.05) is 11.5 Å². The van der Waals surface area contributed by atoms with Gasteiger partial charge >= 0.3 is 6.01 Å². The predicted molar refractivity (Wildman–Crippen MR) is 80.2 cm³/mol. The van der Waals surface area contributed by atoms with Crippen molar-refractivity contribution < 1.29 is 4.74 Å². The second-order valence-corrected chi connectivity index (χ2v) is 5.23. The number of halogens is 5. The van der Waals surface area contributed by atoms with Gasteiger partial charge in [0.1, 0.15) is 10.0 Å². The average molecular weight is 375 g/mol. The molecule has 6 nitrogen and oxygen atoms in total. The van der Waals surface area contributed by atoms with Gasteiger partial charge in [0, 0.05) is 0 Å². The number of nitrogens with zero attached hydrogens (tertiary/aromatic N) is 3. The Kier molecular flexibility index (Phi) is 4.51. The molecule has 0 spiro atoms. The van der Waals surface area contributed by atoms with Gasteiger partial charge in [0.15, 0.2) is 5.75 Å². The summed E-state index contributed by atoms with van der Waals surface area (Å²) in [5.74, 6) is -0.338. The molecule has 0 bridgehead atoms. The SMILES string of the molecule is Nc1nc(N)nc(Oc2c(Cl)c(Cl)c(Cl)c(Cl)c2Cl)n1. The molecule has 2 aromatic rings. The van der Waals surface area contributed by atoms with Gasteiger partial charge in [-0.25, -0.2) is 0 Å². The summed E-state index contributed by atoms with van der Waals surface area (Å²) in [7, 11) is 0. The van der Waals surface area contributed by atoms with E-state index in [0.29, 0.717) is 0 Å². The lowest BCUT2D eigenvalue weighted by Gasteiger charge is -2.12. The van der Waals surface area contributed by atoms with E-state index in [1.807, 2.05) is 0 Å². The van der Waals surface area contributed by atoms with Gasteiger partial charge in [0.25, 0.3) is 0 Å². The van der Waals surface area contributed by atoms with E-state index in [9.17, 15) is 0 Å². The molecule has 0 aliphatic rings. The highest BCUT2D eigenvalue weighted by molar-refractivity contribution is 6.55. The fraction of sp³-hybridized carbons (Fsp3) is 0. The third kappa shape index (κ3) is 2.89. The topological polar surface area (TPSA) is 99.9 Å². The quantitative estimate of drug-likeness (QED) is 0.606. The first kappa shape index (κ1) is 15.5. The fourth-order valence-electron chi connectivity index (χ4n) is 1.20. The van der Waals surface area contributed by atoms with Gasteiger partial charge in [-0.1, -0.05) is 58.0 Å². The van der Waals surface area contributed by atoms with Crippen molar-refractivity contribution in [3.8, 4) is 11.8 Å². The number of nitrogens with two attached hydrogens (primary N) is 2. The lowest BCUT2D eigenvalue weighted by atomic mass is 10.3. The van der Waals surface area contributed by atoms with Gasteiger partial charge in [-0.05, 0) is 0 Å². The number of aromatic nitrogens is 3. The molecule has 4 N–H and O–H groups in total. The maximum Gasteiger partial charge on any atom is 0.328 e. The number of anilines is 2. The average Bonchev–Trinajstić information content (AvgIpc) is 2.38. The van der Waals surface area contributed by atoms with Crippen LogP contribution in [-0.2, 0) is 0 Å². The van der Waals surface area contributed by atoms with Gasteiger partial charge in [0.05, 0.1) is 15.1 Å². The molecular weight excluding hydrogens is 371 g/mol. The van der Waals surface area contributed by atoms with Gasteiger partial charge in [-0.2, -0.15) is 15.0 Å². The minimum absolute atomic E-state index is 0.00496. The summed E-state index contributed by atoms with van der Waals surface area (Å²) in [5.41, 5.74) is 10.8. The molecule has 0 aliphatic heterocycles. The molecular formula is C9H4Cl5N5O.